The van der Waals surface area contributed by atoms with Crippen LogP contribution in [0.25, 0.3) is 22.6 Å². The van der Waals surface area contributed by atoms with E-state index in [-0.39, 0.29) is 5.56 Å². The zero-order chi connectivity index (χ0) is 11.8. The number of H-pyrrole nitrogens is 2. The minimum Gasteiger partial charge on any atom is -0.337 e. The molecule has 2 heterocycles. The van der Waals surface area contributed by atoms with Crippen molar-refractivity contribution in [1.29, 1.82) is 0 Å². The van der Waals surface area contributed by atoms with E-state index in [4.69, 9.17) is 0 Å². The molecule has 3 rings (SSSR count). The first-order valence-corrected chi connectivity index (χ1v) is 5.25. The summed E-state index contributed by atoms with van der Waals surface area (Å²) < 4.78 is 0. The summed E-state index contributed by atoms with van der Waals surface area (Å²) in [5, 5.41) is 6.32. The molecule has 2 N–H and O–H groups in total. The molecule has 5 nitrogen and oxygen atoms in total. The Kier molecular flexibility index (Phi) is 2.04. The van der Waals surface area contributed by atoms with Gasteiger partial charge in [-0.3, -0.25) is 4.79 Å². The molecular formula is C12H10N4O. The van der Waals surface area contributed by atoms with Crippen LogP contribution < -0.4 is 5.56 Å². The van der Waals surface area contributed by atoms with Crippen LogP contribution in [-0.4, -0.2) is 20.2 Å². The molecule has 0 aliphatic heterocycles. The quantitative estimate of drug-likeness (QED) is 0.662. The number of benzene rings is 1. The van der Waals surface area contributed by atoms with Crippen molar-refractivity contribution in [1.82, 2.24) is 20.2 Å². The smallest absolute Gasteiger partial charge is 0.264 e. The van der Waals surface area contributed by atoms with Crippen molar-refractivity contribution in [2.24, 2.45) is 0 Å². The molecule has 0 aliphatic rings. The molecule has 0 amide bonds. The fourth-order valence-electron chi connectivity index (χ4n) is 1.72. The monoisotopic (exact) mass is 226 g/mol. The van der Waals surface area contributed by atoms with Gasteiger partial charge in [-0.2, -0.15) is 5.10 Å². The van der Waals surface area contributed by atoms with Gasteiger partial charge < -0.3 is 4.98 Å². The van der Waals surface area contributed by atoms with Crippen LogP contribution in [-0.2, 0) is 0 Å². The SMILES string of the molecule is Cc1ccc2nc(-c3ccc(=O)[nH]n3)[nH]c2c1. The highest BCUT2D eigenvalue weighted by Gasteiger charge is 2.06. The lowest BCUT2D eigenvalue weighted by Crippen LogP contribution is -2.05. The maximum atomic E-state index is 10.9. The van der Waals surface area contributed by atoms with Gasteiger partial charge in [0.05, 0.1) is 11.0 Å². The zero-order valence-electron chi connectivity index (χ0n) is 9.19. The molecule has 0 spiro atoms. The van der Waals surface area contributed by atoms with Crippen LogP contribution >= 0.6 is 0 Å². The number of aromatic amines is 2. The van der Waals surface area contributed by atoms with Gasteiger partial charge >= 0.3 is 0 Å². The summed E-state index contributed by atoms with van der Waals surface area (Å²) in [6, 6.07) is 9.06. The highest BCUT2D eigenvalue weighted by molar-refractivity contribution is 5.79. The molecule has 84 valence electrons. The number of fused-ring (bicyclic) bond motifs is 1. The Morgan fingerprint density at radius 3 is 2.82 bits per heavy atom. The summed E-state index contributed by atoms with van der Waals surface area (Å²) in [4.78, 5) is 18.5. The van der Waals surface area contributed by atoms with E-state index in [1.54, 1.807) is 6.07 Å². The Morgan fingerprint density at radius 1 is 1.18 bits per heavy atom. The van der Waals surface area contributed by atoms with Crippen molar-refractivity contribution < 1.29 is 0 Å². The molecule has 0 fully saturated rings. The minimum absolute atomic E-state index is 0.222. The summed E-state index contributed by atoms with van der Waals surface area (Å²) in [6.45, 7) is 2.03. The van der Waals surface area contributed by atoms with Crippen LogP contribution in [0.2, 0.25) is 0 Å². The lowest BCUT2D eigenvalue weighted by molar-refractivity contribution is 0.985. The van der Waals surface area contributed by atoms with Gasteiger partial charge in [-0.1, -0.05) is 6.07 Å². The van der Waals surface area contributed by atoms with Gasteiger partial charge in [-0.15, -0.1) is 0 Å². The standard InChI is InChI=1S/C12H10N4O/c1-7-2-3-8-10(6-7)14-12(13-8)9-4-5-11(17)16-15-9/h2-6H,1H3,(H,13,14)(H,16,17). The highest BCUT2D eigenvalue weighted by Crippen LogP contribution is 2.18. The van der Waals surface area contributed by atoms with Gasteiger partial charge in [0, 0.05) is 6.07 Å². The summed E-state index contributed by atoms with van der Waals surface area (Å²) in [5.41, 5.74) is 3.42. The number of aromatic nitrogens is 4. The third kappa shape index (κ3) is 1.71. The molecule has 3 aromatic rings. The molecule has 0 atom stereocenters. The van der Waals surface area contributed by atoms with Gasteiger partial charge in [0.15, 0.2) is 5.82 Å². The number of hydrogen-bond donors (Lipinski definition) is 2. The maximum absolute atomic E-state index is 10.9. The molecule has 0 aliphatic carbocycles. The third-order valence-electron chi connectivity index (χ3n) is 2.56. The number of nitrogens with one attached hydrogen (secondary N) is 2. The molecule has 0 bridgehead atoms. The molecule has 0 saturated carbocycles. The maximum Gasteiger partial charge on any atom is 0.264 e. The number of imidazole rings is 1. The Morgan fingerprint density at radius 2 is 2.06 bits per heavy atom. The van der Waals surface area contributed by atoms with E-state index in [9.17, 15) is 4.79 Å². The van der Waals surface area contributed by atoms with Crippen molar-refractivity contribution in [3.63, 3.8) is 0 Å². The Hall–Kier alpha value is -2.43. The second-order valence-corrected chi connectivity index (χ2v) is 3.91. The molecule has 0 saturated heterocycles. The second kappa shape index (κ2) is 3.55. The van der Waals surface area contributed by atoms with Crippen molar-refractivity contribution in [3.05, 3.63) is 46.2 Å². The lowest BCUT2D eigenvalue weighted by Gasteiger charge is -1.92. The molecule has 2 aromatic heterocycles. The van der Waals surface area contributed by atoms with E-state index >= 15 is 0 Å². The average molecular weight is 226 g/mol. The van der Waals surface area contributed by atoms with E-state index in [2.05, 4.69) is 20.2 Å². The molecule has 0 unspecified atom stereocenters. The number of nitrogens with zero attached hydrogens (tertiary/aromatic N) is 2. The van der Waals surface area contributed by atoms with Gasteiger partial charge in [0.2, 0.25) is 0 Å². The van der Waals surface area contributed by atoms with Crippen LogP contribution in [0.3, 0.4) is 0 Å². The van der Waals surface area contributed by atoms with E-state index < -0.39 is 0 Å². The lowest BCUT2D eigenvalue weighted by atomic mass is 10.2. The molecule has 5 heteroatoms. The first kappa shape index (κ1) is 9.77. The predicted octanol–water partition coefficient (Wildman–Crippen LogP) is 1.62. The van der Waals surface area contributed by atoms with E-state index in [0.717, 1.165) is 11.0 Å². The normalized spacial score (nSPS) is 10.9. The fraction of sp³-hybridized carbons (Fsp3) is 0.0833. The van der Waals surface area contributed by atoms with E-state index in [1.807, 2.05) is 25.1 Å². The highest BCUT2D eigenvalue weighted by atomic mass is 16.1. The Bertz CT molecular complexity index is 721. The topological polar surface area (TPSA) is 74.4 Å². The van der Waals surface area contributed by atoms with Crippen LogP contribution in [0.4, 0.5) is 0 Å². The fourth-order valence-corrected chi connectivity index (χ4v) is 1.72. The predicted molar refractivity (Wildman–Crippen MR) is 64.7 cm³/mol. The molecular weight excluding hydrogens is 216 g/mol. The number of aryl methyl sites for hydroxylation is 1. The summed E-state index contributed by atoms with van der Waals surface area (Å²) >= 11 is 0. The van der Waals surface area contributed by atoms with Gasteiger partial charge in [0.1, 0.15) is 5.69 Å². The van der Waals surface area contributed by atoms with Crippen LogP contribution in [0.5, 0.6) is 0 Å². The van der Waals surface area contributed by atoms with E-state index in [0.29, 0.717) is 11.5 Å². The first-order valence-electron chi connectivity index (χ1n) is 5.25. The average Bonchev–Trinajstić information content (AvgIpc) is 2.72. The van der Waals surface area contributed by atoms with Crippen molar-refractivity contribution in [2.45, 2.75) is 6.92 Å². The van der Waals surface area contributed by atoms with E-state index in [1.165, 1.54) is 11.6 Å². The van der Waals surface area contributed by atoms with Crippen LogP contribution in [0.15, 0.2) is 35.1 Å². The van der Waals surface area contributed by atoms with Crippen molar-refractivity contribution in [2.75, 3.05) is 0 Å². The summed E-state index contributed by atoms with van der Waals surface area (Å²) in [6.07, 6.45) is 0. The van der Waals surface area contributed by atoms with Gasteiger partial charge in [-0.05, 0) is 30.7 Å². The molecule has 1 aromatic carbocycles. The second-order valence-electron chi connectivity index (χ2n) is 3.91. The molecule has 0 radical (unpaired) electrons. The van der Waals surface area contributed by atoms with Crippen LogP contribution in [0, 0.1) is 6.92 Å². The molecule has 17 heavy (non-hydrogen) atoms. The summed E-state index contributed by atoms with van der Waals surface area (Å²) in [5.74, 6) is 0.654. The largest absolute Gasteiger partial charge is 0.337 e. The number of hydrogen-bond acceptors (Lipinski definition) is 3. The first-order chi connectivity index (χ1) is 8.22. The number of rotatable bonds is 1. The third-order valence-corrected chi connectivity index (χ3v) is 2.56. The van der Waals surface area contributed by atoms with Crippen molar-refractivity contribution >= 4 is 11.0 Å². The van der Waals surface area contributed by atoms with Crippen LogP contribution in [0.1, 0.15) is 5.56 Å². The zero-order valence-corrected chi connectivity index (χ0v) is 9.19. The van der Waals surface area contributed by atoms with Gasteiger partial charge in [0.25, 0.3) is 5.56 Å². The Balaban J connectivity index is 2.17. The minimum atomic E-state index is -0.222. The Labute approximate surface area is 96.5 Å². The summed E-state index contributed by atoms with van der Waals surface area (Å²) in [7, 11) is 0. The van der Waals surface area contributed by atoms with Crippen molar-refractivity contribution in [3.8, 4) is 11.5 Å². The van der Waals surface area contributed by atoms with Gasteiger partial charge in [-0.25, -0.2) is 10.1 Å².